The van der Waals surface area contributed by atoms with Gasteiger partial charge in [-0.25, -0.2) is 8.78 Å². The minimum atomic E-state index is -0.857. The standard InChI is InChI=1S/C20H16ClF2N3O4/c21-18-14(22)9-13(10-15(18)23)25-3-5-26(6-4-25)20(29)19(28)24-12-2-1-11-7-17(27)30-16(11)8-12/h1-2,8-10H,3-7H2,(H,24,28). The van der Waals surface area contributed by atoms with Gasteiger partial charge in [-0.1, -0.05) is 17.7 Å². The molecule has 1 saturated heterocycles. The predicted molar refractivity (Wildman–Crippen MR) is 105 cm³/mol. The van der Waals surface area contributed by atoms with Crippen LogP contribution in [0.1, 0.15) is 5.56 Å². The van der Waals surface area contributed by atoms with Crippen molar-refractivity contribution in [3.63, 3.8) is 0 Å². The molecule has 7 nitrogen and oxygen atoms in total. The molecule has 10 heteroatoms. The van der Waals surface area contributed by atoms with Crippen LogP contribution >= 0.6 is 11.6 Å². The third-order valence-corrected chi connectivity index (χ3v) is 5.34. The van der Waals surface area contributed by atoms with Crippen molar-refractivity contribution >= 4 is 40.8 Å². The van der Waals surface area contributed by atoms with Crippen LogP contribution in [0.15, 0.2) is 30.3 Å². The highest BCUT2D eigenvalue weighted by Crippen LogP contribution is 2.29. The number of piperazine rings is 1. The Labute approximate surface area is 175 Å². The summed E-state index contributed by atoms with van der Waals surface area (Å²) in [5.41, 5.74) is 1.38. The van der Waals surface area contributed by atoms with Gasteiger partial charge < -0.3 is 19.9 Å². The Bertz CT molecular complexity index is 1030. The van der Waals surface area contributed by atoms with Gasteiger partial charge in [0.2, 0.25) is 0 Å². The molecule has 2 aliphatic rings. The van der Waals surface area contributed by atoms with E-state index >= 15 is 0 Å². The quantitative estimate of drug-likeness (QED) is 0.339. The first-order chi connectivity index (χ1) is 14.3. The van der Waals surface area contributed by atoms with E-state index in [1.807, 2.05) is 0 Å². The Morgan fingerprint density at radius 1 is 1.03 bits per heavy atom. The molecule has 0 aliphatic carbocycles. The fraction of sp³-hybridized carbons (Fsp3) is 0.250. The maximum Gasteiger partial charge on any atom is 0.315 e. The maximum absolute atomic E-state index is 13.7. The molecule has 1 N–H and O–H groups in total. The van der Waals surface area contributed by atoms with E-state index in [2.05, 4.69) is 5.32 Å². The predicted octanol–water partition coefficient (Wildman–Crippen LogP) is 2.37. The number of anilines is 2. The lowest BCUT2D eigenvalue weighted by atomic mass is 10.1. The zero-order valence-corrected chi connectivity index (χ0v) is 16.3. The fourth-order valence-electron chi connectivity index (χ4n) is 3.41. The van der Waals surface area contributed by atoms with Crippen LogP contribution in [0.5, 0.6) is 5.75 Å². The lowest BCUT2D eigenvalue weighted by Crippen LogP contribution is -2.51. The second-order valence-corrected chi connectivity index (χ2v) is 7.31. The van der Waals surface area contributed by atoms with Crippen LogP contribution < -0.4 is 15.0 Å². The van der Waals surface area contributed by atoms with Crippen molar-refractivity contribution in [3.8, 4) is 5.75 Å². The minimum absolute atomic E-state index is 0.175. The Kier molecular flexibility index (Phi) is 5.29. The Hall–Kier alpha value is -3.20. The third-order valence-electron chi connectivity index (χ3n) is 4.98. The number of esters is 1. The van der Waals surface area contributed by atoms with Crippen LogP contribution in [0, 0.1) is 11.6 Å². The largest absolute Gasteiger partial charge is 0.426 e. The van der Waals surface area contributed by atoms with E-state index in [0.717, 1.165) is 17.7 Å². The summed E-state index contributed by atoms with van der Waals surface area (Å²) in [5, 5.41) is 1.93. The topological polar surface area (TPSA) is 79.0 Å². The number of nitrogens with one attached hydrogen (secondary N) is 1. The molecule has 2 amide bonds. The Morgan fingerprint density at radius 3 is 2.37 bits per heavy atom. The zero-order chi connectivity index (χ0) is 21.4. The lowest BCUT2D eigenvalue weighted by Gasteiger charge is -2.35. The molecule has 2 aliphatic heterocycles. The number of halogens is 3. The minimum Gasteiger partial charge on any atom is -0.426 e. The second kappa shape index (κ2) is 7.91. The van der Waals surface area contributed by atoms with Gasteiger partial charge in [-0.15, -0.1) is 0 Å². The van der Waals surface area contributed by atoms with Gasteiger partial charge in [-0.05, 0) is 18.2 Å². The van der Waals surface area contributed by atoms with Crippen molar-refractivity contribution in [2.24, 2.45) is 0 Å². The molecule has 156 valence electrons. The first kappa shape index (κ1) is 20.1. The zero-order valence-electron chi connectivity index (χ0n) is 15.6. The molecular weight excluding hydrogens is 420 g/mol. The fourth-order valence-corrected chi connectivity index (χ4v) is 3.52. The van der Waals surface area contributed by atoms with Gasteiger partial charge >= 0.3 is 17.8 Å². The Morgan fingerprint density at radius 2 is 1.70 bits per heavy atom. The van der Waals surface area contributed by atoms with Crippen molar-refractivity contribution in [1.29, 1.82) is 0 Å². The van der Waals surface area contributed by atoms with Crippen molar-refractivity contribution in [2.45, 2.75) is 6.42 Å². The molecule has 2 heterocycles. The molecule has 0 saturated carbocycles. The summed E-state index contributed by atoms with van der Waals surface area (Å²) >= 11 is 5.50. The number of amides is 2. The molecule has 0 bridgehead atoms. The highest BCUT2D eigenvalue weighted by Gasteiger charge is 2.27. The van der Waals surface area contributed by atoms with E-state index in [1.165, 1.54) is 11.0 Å². The number of carbonyl (C=O) groups excluding carboxylic acids is 3. The normalized spacial score (nSPS) is 15.6. The second-order valence-electron chi connectivity index (χ2n) is 6.93. The van der Waals surface area contributed by atoms with Gasteiger partial charge in [-0.2, -0.15) is 0 Å². The number of rotatable bonds is 2. The van der Waals surface area contributed by atoms with Gasteiger partial charge in [0, 0.05) is 49.2 Å². The highest BCUT2D eigenvalue weighted by atomic mass is 35.5. The number of hydrogen-bond acceptors (Lipinski definition) is 5. The molecule has 1 fully saturated rings. The first-order valence-electron chi connectivity index (χ1n) is 9.15. The summed E-state index contributed by atoms with van der Waals surface area (Å²) in [6, 6.07) is 7.01. The molecule has 4 rings (SSSR count). The summed E-state index contributed by atoms with van der Waals surface area (Å²) in [5.74, 6) is -3.27. The number of hydrogen-bond donors (Lipinski definition) is 1. The highest BCUT2D eigenvalue weighted by molar-refractivity contribution is 6.39. The van der Waals surface area contributed by atoms with Crippen molar-refractivity contribution in [2.75, 3.05) is 36.4 Å². The molecule has 0 spiro atoms. The molecule has 0 atom stereocenters. The van der Waals surface area contributed by atoms with Crippen LogP contribution in [0.3, 0.4) is 0 Å². The molecule has 0 unspecified atom stereocenters. The molecule has 30 heavy (non-hydrogen) atoms. The average molecular weight is 436 g/mol. The summed E-state index contributed by atoms with van der Waals surface area (Å²) in [6.07, 6.45) is 0.175. The van der Waals surface area contributed by atoms with Crippen LogP contribution in [0.25, 0.3) is 0 Å². The smallest absolute Gasteiger partial charge is 0.315 e. The van der Waals surface area contributed by atoms with E-state index < -0.39 is 28.5 Å². The monoisotopic (exact) mass is 435 g/mol. The number of ether oxygens (including phenoxy) is 1. The van der Waals surface area contributed by atoms with E-state index in [1.54, 1.807) is 17.0 Å². The van der Waals surface area contributed by atoms with E-state index in [9.17, 15) is 23.2 Å². The summed E-state index contributed by atoms with van der Waals surface area (Å²) < 4.78 is 32.4. The van der Waals surface area contributed by atoms with Crippen molar-refractivity contribution in [1.82, 2.24) is 4.90 Å². The van der Waals surface area contributed by atoms with Gasteiger partial charge in [0.25, 0.3) is 0 Å². The van der Waals surface area contributed by atoms with Crippen molar-refractivity contribution < 1.29 is 27.9 Å². The van der Waals surface area contributed by atoms with Gasteiger partial charge in [0.1, 0.15) is 22.4 Å². The summed E-state index contributed by atoms with van der Waals surface area (Å²) in [7, 11) is 0. The van der Waals surface area contributed by atoms with Gasteiger partial charge in [0.05, 0.1) is 6.42 Å². The molecular formula is C20H16ClF2N3O4. The first-order valence-corrected chi connectivity index (χ1v) is 9.53. The van der Waals surface area contributed by atoms with Crippen LogP contribution in [-0.2, 0) is 20.8 Å². The number of fused-ring (bicyclic) bond motifs is 1. The van der Waals surface area contributed by atoms with Crippen LogP contribution in [0.2, 0.25) is 5.02 Å². The molecule has 0 aromatic heterocycles. The SMILES string of the molecule is O=C1Cc2ccc(NC(=O)C(=O)N3CCN(c4cc(F)c(Cl)c(F)c4)CC3)cc2O1. The third kappa shape index (κ3) is 3.93. The van der Waals surface area contributed by atoms with E-state index in [4.69, 9.17) is 16.3 Å². The number of nitrogens with zero attached hydrogens (tertiary/aromatic N) is 2. The Balaban J connectivity index is 1.36. The summed E-state index contributed by atoms with van der Waals surface area (Å²) in [6.45, 7) is 1.02. The number of benzene rings is 2. The summed E-state index contributed by atoms with van der Waals surface area (Å²) in [4.78, 5) is 39.2. The van der Waals surface area contributed by atoms with Crippen molar-refractivity contribution in [3.05, 3.63) is 52.6 Å². The van der Waals surface area contributed by atoms with Gasteiger partial charge in [-0.3, -0.25) is 14.4 Å². The molecule has 2 aromatic carbocycles. The van der Waals surface area contributed by atoms with Crippen LogP contribution in [0.4, 0.5) is 20.2 Å². The van der Waals surface area contributed by atoms with E-state index in [0.29, 0.717) is 30.2 Å². The van der Waals surface area contributed by atoms with E-state index in [-0.39, 0.29) is 25.5 Å². The molecule has 2 aromatic rings. The van der Waals surface area contributed by atoms with Gasteiger partial charge in [0.15, 0.2) is 0 Å². The maximum atomic E-state index is 13.7. The molecule has 0 radical (unpaired) electrons. The lowest BCUT2D eigenvalue weighted by molar-refractivity contribution is -0.143. The average Bonchev–Trinajstić information content (AvgIpc) is 3.10. The number of carbonyl (C=O) groups is 3. The van der Waals surface area contributed by atoms with Crippen LogP contribution in [-0.4, -0.2) is 48.9 Å².